The van der Waals surface area contributed by atoms with E-state index in [1.54, 1.807) is 7.11 Å². The zero-order valence-electron chi connectivity index (χ0n) is 15.7. The molecule has 6 nitrogen and oxygen atoms in total. The topological polar surface area (TPSA) is 60.8 Å². The van der Waals surface area contributed by atoms with Crippen molar-refractivity contribution in [1.29, 1.82) is 0 Å². The summed E-state index contributed by atoms with van der Waals surface area (Å²) in [5, 5.41) is 0. The number of Topliss-reactive ketones (excluding diaryl/α,β-unsaturated/α-hetero) is 1. The predicted octanol–water partition coefficient (Wildman–Crippen LogP) is 2.67. The molecule has 0 fully saturated rings. The standard InChI is InChI=1S/C20H24N2O4/c1-13-5-6-19-17(9-13)22(20(24)12-26-19)11-18(23)16-10-14(2)21(15(16)3)7-8-25-4/h5-6,9-10H,7-8,11-12H2,1-4H3. The van der Waals surface area contributed by atoms with E-state index in [-0.39, 0.29) is 24.8 Å². The fraction of sp³-hybridized carbons (Fsp3) is 0.400. The molecule has 0 N–H and O–H groups in total. The van der Waals surface area contributed by atoms with E-state index in [0.29, 0.717) is 30.2 Å². The van der Waals surface area contributed by atoms with E-state index in [2.05, 4.69) is 4.57 Å². The number of carbonyl (C=O) groups excluding carboxylic acids is 2. The SMILES string of the molecule is COCCn1c(C)cc(C(=O)CN2C(=O)COc3ccc(C)cc32)c1C. The summed E-state index contributed by atoms with van der Waals surface area (Å²) in [5.74, 6) is 0.350. The van der Waals surface area contributed by atoms with Crippen molar-refractivity contribution in [1.82, 2.24) is 4.57 Å². The number of aryl methyl sites for hydroxylation is 2. The summed E-state index contributed by atoms with van der Waals surface area (Å²) in [6, 6.07) is 7.53. The molecule has 26 heavy (non-hydrogen) atoms. The molecule has 3 rings (SSSR count). The number of hydrogen-bond acceptors (Lipinski definition) is 4. The number of benzene rings is 1. The van der Waals surface area contributed by atoms with Crippen LogP contribution in [-0.2, 0) is 16.1 Å². The van der Waals surface area contributed by atoms with Crippen LogP contribution in [0, 0.1) is 20.8 Å². The zero-order valence-corrected chi connectivity index (χ0v) is 15.7. The first-order valence-electron chi connectivity index (χ1n) is 8.65. The van der Waals surface area contributed by atoms with Crippen molar-refractivity contribution in [3.8, 4) is 5.75 Å². The Morgan fingerprint density at radius 2 is 2.00 bits per heavy atom. The number of ketones is 1. The van der Waals surface area contributed by atoms with Gasteiger partial charge in [0.05, 0.1) is 18.8 Å². The molecule has 6 heteroatoms. The molecule has 1 aliphatic heterocycles. The summed E-state index contributed by atoms with van der Waals surface area (Å²) >= 11 is 0. The van der Waals surface area contributed by atoms with Gasteiger partial charge in [-0.15, -0.1) is 0 Å². The highest BCUT2D eigenvalue weighted by atomic mass is 16.5. The normalized spacial score (nSPS) is 13.5. The molecule has 1 aliphatic rings. The fourth-order valence-corrected chi connectivity index (χ4v) is 3.32. The lowest BCUT2D eigenvalue weighted by atomic mass is 10.1. The largest absolute Gasteiger partial charge is 0.482 e. The van der Waals surface area contributed by atoms with E-state index in [9.17, 15) is 9.59 Å². The van der Waals surface area contributed by atoms with Gasteiger partial charge in [-0.3, -0.25) is 14.5 Å². The third-order valence-corrected chi connectivity index (χ3v) is 4.75. The first-order chi connectivity index (χ1) is 12.4. The first-order valence-corrected chi connectivity index (χ1v) is 8.65. The number of aromatic nitrogens is 1. The number of nitrogens with zero attached hydrogens (tertiary/aromatic N) is 2. The molecule has 0 saturated carbocycles. The second-order valence-electron chi connectivity index (χ2n) is 6.59. The fourth-order valence-electron chi connectivity index (χ4n) is 3.32. The van der Waals surface area contributed by atoms with Crippen LogP contribution in [0.1, 0.15) is 27.3 Å². The maximum absolute atomic E-state index is 12.9. The van der Waals surface area contributed by atoms with Crippen LogP contribution in [0.5, 0.6) is 5.75 Å². The van der Waals surface area contributed by atoms with Crippen LogP contribution < -0.4 is 9.64 Å². The van der Waals surface area contributed by atoms with Gasteiger partial charge in [-0.1, -0.05) is 6.07 Å². The lowest BCUT2D eigenvalue weighted by Gasteiger charge is -2.29. The van der Waals surface area contributed by atoms with Gasteiger partial charge in [-0.25, -0.2) is 0 Å². The van der Waals surface area contributed by atoms with Crippen LogP contribution in [0.15, 0.2) is 24.3 Å². The molecule has 1 aromatic carbocycles. The number of rotatable bonds is 6. The van der Waals surface area contributed by atoms with Gasteiger partial charge in [0.2, 0.25) is 0 Å². The van der Waals surface area contributed by atoms with Gasteiger partial charge in [-0.2, -0.15) is 0 Å². The predicted molar refractivity (Wildman–Crippen MR) is 99.1 cm³/mol. The highest BCUT2D eigenvalue weighted by Gasteiger charge is 2.28. The van der Waals surface area contributed by atoms with Crippen LogP contribution in [0.4, 0.5) is 5.69 Å². The number of ether oxygens (including phenoxy) is 2. The van der Waals surface area contributed by atoms with Crippen molar-refractivity contribution in [2.24, 2.45) is 0 Å². The zero-order chi connectivity index (χ0) is 18.8. The summed E-state index contributed by atoms with van der Waals surface area (Å²) in [5.41, 5.74) is 4.22. The minimum atomic E-state index is -0.204. The second-order valence-corrected chi connectivity index (χ2v) is 6.59. The molecule has 0 atom stereocenters. The van der Waals surface area contributed by atoms with Gasteiger partial charge in [0, 0.05) is 30.6 Å². The summed E-state index contributed by atoms with van der Waals surface area (Å²) < 4.78 is 12.7. The average molecular weight is 356 g/mol. The second kappa shape index (κ2) is 7.33. The smallest absolute Gasteiger partial charge is 0.265 e. The monoisotopic (exact) mass is 356 g/mol. The quantitative estimate of drug-likeness (QED) is 0.747. The van der Waals surface area contributed by atoms with Gasteiger partial charge in [0.1, 0.15) is 5.75 Å². The van der Waals surface area contributed by atoms with E-state index in [1.165, 1.54) is 4.90 Å². The molecule has 2 aromatic rings. The van der Waals surface area contributed by atoms with Crippen molar-refractivity contribution in [3.05, 3.63) is 46.8 Å². The third-order valence-electron chi connectivity index (χ3n) is 4.75. The lowest BCUT2D eigenvalue weighted by Crippen LogP contribution is -2.42. The van der Waals surface area contributed by atoms with Gasteiger partial charge in [-0.05, 0) is 44.5 Å². The van der Waals surface area contributed by atoms with Crippen molar-refractivity contribution in [2.75, 3.05) is 31.8 Å². The molecule has 2 heterocycles. The van der Waals surface area contributed by atoms with Gasteiger partial charge in [0.15, 0.2) is 12.4 Å². The molecule has 0 spiro atoms. The van der Waals surface area contributed by atoms with Crippen LogP contribution >= 0.6 is 0 Å². The van der Waals surface area contributed by atoms with Gasteiger partial charge < -0.3 is 14.0 Å². The van der Waals surface area contributed by atoms with E-state index >= 15 is 0 Å². The van der Waals surface area contributed by atoms with Crippen molar-refractivity contribution < 1.29 is 19.1 Å². The Bertz CT molecular complexity index is 854. The highest BCUT2D eigenvalue weighted by Crippen LogP contribution is 2.33. The number of fused-ring (bicyclic) bond motifs is 1. The maximum Gasteiger partial charge on any atom is 0.265 e. The van der Waals surface area contributed by atoms with Crippen LogP contribution in [0.3, 0.4) is 0 Å². The minimum Gasteiger partial charge on any atom is -0.482 e. The van der Waals surface area contributed by atoms with E-state index in [4.69, 9.17) is 9.47 Å². The summed E-state index contributed by atoms with van der Waals surface area (Å²) in [4.78, 5) is 26.8. The summed E-state index contributed by atoms with van der Waals surface area (Å²) in [6.07, 6.45) is 0. The molecule has 1 amide bonds. The van der Waals surface area contributed by atoms with Crippen molar-refractivity contribution >= 4 is 17.4 Å². The van der Waals surface area contributed by atoms with E-state index in [1.807, 2.05) is 45.0 Å². The summed E-state index contributed by atoms with van der Waals surface area (Å²) in [7, 11) is 1.66. The summed E-state index contributed by atoms with van der Waals surface area (Å²) in [6.45, 7) is 7.08. The third kappa shape index (κ3) is 3.37. The first kappa shape index (κ1) is 18.2. The van der Waals surface area contributed by atoms with Crippen molar-refractivity contribution in [3.63, 3.8) is 0 Å². The highest BCUT2D eigenvalue weighted by molar-refractivity contribution is 6.07. The molecule has 0 unspecified atom stereocenters. The van der Waals surface area contributed by atoms with Crippen molar-refractivity contribution in [2.45, 2.75) is 27.3 Å². The van der Waals surface area contributed by atoms with Crippen LogP contribution in [0.25, 0.3) is 0 Å². The lowest BCUT2D eigenvalue weighted by molar-refractivity contribution is -0.121. The number of methoxy groups -OCH3 is 1. The minimum absolute atomic E-state index is 0.00716. The van der Waals surface area contributed by atoms with Gasteiger partial charge >= 0.3 is 0 Å². The maximum atomic E-state index is 12.9. The van der Waals surface area contributed by atoms with E-state index in [0.717, 1.165) is 17.0 Å². The Morgan fingerprint density at radius 3 is 2.73 bits per heavy atom. The average Bonchev–Trinajstić information content (AvgIpc) is 2.90. The number of amides is 1. The molecule has 138 valence electrons. The molecular weight excluding hydrogens is 332 g/mol. The van der Waals surface area contributed by atoms with Gasteiger partial charge in [0.25, 0.3) is 5.91 Å². The Morgan fingerprint density at radius 1 is 1.23 bits per heavy atom. The Labute approximate surface area is 153 Å². The Balaban J connectivity index is 1.87. The molecule has 0 aliphatic carbocycles. The molecule has 0 radical (unpaired) electrons. The van der Waals surface area contributed by atoms with Crippen LogP contribution in [0.2, 0.25) is 0 Å². The molecular formula is C20H24N2O4. The van der Waals surface area contributed by atoms with Crippen LogP contribution in [-0.4, -0.2) is 43.1 Å². The number of carbonyl (C=O) groups is 2. The molecule has 0 saturated heterocycles. The Kier molecular flexibility index (Phi) is 5.13. The number of hydrogen-bond donors (Lipinski definition) is 0. The Hall–Kier alpha value is -2.60. The number of anilines is 1. The molecule has 1 aromatic heterocycles. The van der Waals surface area contributed by atoms with E-state index < -0.39 is 0 Å². The molecule has 0 bridgehead atoms.